The van der Waals surface area contributed by atoms with Gasteiger partial charge in [0.05, 0.1) is 12.4 Å². The largest absolute Gasteiger partial charge is 0.497 e. The molecule has 29 heavy (non-hydrogen) atoms. The average Bonchev–Trinajstić information content (AvgIpc) is 3.52. The Bertz CT molecular complexity index is 970. The summed E-state index contributed by atoms with van der Waals surface area (Å²) in [5, 5.41) is 12.3. The lowest BCUT2D eigenvalue weighted by Gasteiger charge is -2.13. The van der Waals surface area contributed by atoms with Crippen molar-refractivity contribution < 1.29 is 9.53 Å². The highest BCUT2D eigenvalue weighted by molar-refractivity contribution is 8.00. The lowest BCUT2D eigenvalue weighted by atomic mass is 10.2. The van der Waals surface area contributed by atoms with Crippen molar-refractivity contribution in [2.75, 3.05) is 7.11 Å². The summed E-state index contributed by atoms with van der Waals surface area (Å²) < 4.78 is 7.32. The van der Waals surface area contributed by atoms with Gasteiger partial charge in [-0.2, -0.15) is 0 Å². The van der Waals surface area contributed by atoms with Crippen LogP contribution in [0.2, 0.25) is 0 Å². The minimum atomic E-state index is -0.278. The van der Waals surface area contributed by atoms with Crippen LogP contribution in [-0.2, 0) is 11.3 Å². The van der Waals surface area contributed by atoms with Gasteiger partial charge in [0.2, 0.25) is 5.91 Å². The molecule has 1 N–H and O–H groups in total. The van der Waals surface area contributed by atoms with E-state index in [0.717, 1.165) is 40.7 Å². The molecular weight excluding hydrogens is 386 g/mol. The van der Waals surface area contributed by atoms with Gasteiger partial charge in [0, 0.05) is 30.5 Å². The van der Waals surface area contributed by atoms with Crippen LogP contribution < -0.4 is 10.1 Å². The predicted molar refractivity (Wildman–Crippen MR) is 112 cm³/mol. The quantitative estimate of drug-likeness (QED) is 0.574. The highest BCUT2D eigenvalue weighted by atomic mass is 32.2. The monoisotopic (exact) mass is 409 g/mol. The summed E-state index contributed by atoms with van der Waals surface area (Å²) in [6.07, 6.45) is 5.73. The van der Waals surface area contributed by atoms with Crippen LogP contribution in [0.4, 0.5) is 0 Å². The number of nitrogens with zero attached hydrogens (tertiary/aromatic N) is 4. The second-order valence-corrected chi connectivity index (χ2v) is 8.28. The van der Waals surface area contributed by atoms with E-state index in [0.29, 0.717) is 12.6 Å². The number of methoxy groups -OCH3 is 1. The Morgan fingerprint density at radius 1 is 1.21 bits per heavy atom. The Kier molecular flexibility index (Phi) is 5.80. The van der Waals surface area contributed by atoms with Crippen LogP contribution in [0.25, 0.3) is 11.4 Å². The summed E-state index contributed by atoms with van der Waals surface area (Å²) in [5.41, 5.74) is 2.01. The van der Waals surface area contributed by atoms with Crippen LogP contribution >= 0.6 is 11.8 Å². The summed E-state index contributed by atoms with van der Waals surface area (Å²) in [6.45, 7) is 2.37. The van der Waals surface area contributed by atoms with E-state index in [1.54, 1.807) is 19.5 Å². The molecule has 1 aromatic carbocycles. The minimum absolute atomic E-state index is 0.0263. The number of nitrogens with one attached hydrogen (secondary N) is 1. The average molecular weight is 410 g/mol. The van der Waals surface area contributed by atoms with Crippen molar-refractivity contribution in [2.24, 2.45) is 0 Å². The molecule has 1 atom stereocenters. The Morgan fingerprint density at radius 3 is 2.59 bits per heavy atom. The maximum atomic E-state index is 12.6. The van der Waals surface area contributed by atoms with Crippen LogP contribution in [0.5, 0.6) is 5.75 Å². The molecule has 0 unspecified atom stereocenters. The molecule has 0 radical (unpaired) electrons. The van der Waals surface area contributed by atoms with Crippen LogP contribution in [0.1, 0.15) is 31.4 Å². The minimum Gasteiger partial charge on any atom is -0.497 e. The molecule has 4 rings (SSSR count). The highest BCUT2D eigenvalue weighted by Gasteiger charge is 2.31. The zero-order valence-electron chi connectivity index (χ0n) is 16.4. The molecular formula is C21H23N5O2S. The van der Waals surface area contributed by atoms with Gasteiger partial charge in [-0.25, -0.2) is 0 Å². The molecule has 1 fully saturated rings. The second kappa shape index (κ2) is 8.65. The van der Waals surface area contributed by atoms with Gasteiger partial charge < -0.3 is 10.1 Å². The van der Waals surface area contributed by atoms with E-state index >= 15 is 0 Å². The first-order chi connectivity index (χ1) is 14.2. The van der Waals surface area contributed by atoms with Crippen molar-refractivity contribution in [3.63, 3.8) is 0 Å². The maximum Gasteiger partial charge on any atom is 0.233 e. The fourth-order valence-electron chi connectivity index (χ4n) is 3.01. The SMILES string of the molecule is COc1ccc(CNC(=O)[C@H](C)Sc2nnc(-c3ccncc3)n2C2CC2)cc1. The van der Waals surface area contributed by atoms with Crippen molar-refractivity contribution in [2.45, 2.75) is 42.8 Å². The number of benzene rings is 1. The number of aromatic nitrogens is 4. The number of ether oxygens (including phenoxy) is 1. The fourth-order valence-corrected chi connectivity index (χ4v) is 3.95. The third-order valence-corrected chi connectivity index (χ3v) is 5.85. The summed E-state index contributed by atoms with van der Waals surface area (Å²) in [4.78, 5) is 16.7. The van der Waals surface area contributed by atoms with Crippen molar-refractivity contribution in [1.82, 2.24) is 25.1 Å². The Labute approximate surface area is 173 Å². The smallest absolute Gasteiger partial charge is 0.233 e. The molecule has 2 heterocycles. The van der Waals surface area contributed by atoms with Gasteiger partial charge in [-0.15, -0.1) is 10.2 Å². The molecule has 3 aromatic rings. The van der Waals surface area contributed by atoms with Gasteiger partial charge in [-0.1, -0.05) is 23.9 Å². The first-order valence-corrected chi connectivity index (χ1v) is 10.5. The fraction of sp³-hybridized carbons (Fsp3) is 0.333. The van der Waals surface area contributed by atoms with Gasteiger partial charge in [0.1, 0.15) is 5.75 Å². The summed E-state index contributed by atoms with van der Waals surface area (Å²) in [5.74, 6) is 1.61. The molecule has 1 aliphatic carbocycles. The molecule has 8 heteroatoms. The van der Waals surface area contributed by atoms with Crippen molar-refractivity contribution in [3.05, 3.63) is 54.4 Å². The van der Waals surface area contributed by atoms with Gasteiger partial charge in [-0.05, 0) is 49.6 Å². The normalized spacial score (nSPS) is 14.4. The second-order valence-electron chi connectivity index (χ2n) is 6.97. The van der Waals surface area contributed by atoms with Gasteiger partial charge in [0.25, 0.3) is 0 Å². The van der Waals surface area contributed by atoms with Crippen molar-refractivity contribution >= 4 is 17.7 Å². The topological polar surface area (TPSA) is 81.9 Å². The van der Waals surface area contributed by atoms with Crippen molar-refractivity contribution in [3.8, 4) is 17.1 Å². The Balaban J connectivity index is 1.42. The van der Waals surface area contributed by atoms with E-state index in [1.807, 2.05) is 43.3 Å². The molecule has 1 saturated carbocycles. The lowest BCUT2D eigenvalue weighted by Crippen LogP contribution is -2.30. The molecule has 0 spiro atoms. The number of rotatable bonds is 8. The number of carbonyl (C=O) groups is 1. The highest BCUT2D eigenvalue weighted by Crippen LogP contribution is 2.41. The predicted octanol–water partition coefficient (Wildman–Crippen LogP) is 3.48. The third-order valence-electron chi connectivity index (χ3n) is 4.79. The molecule has 7 nitrogen and oxygen atoms in total. The standard InChI is InChI=1S/C21H23N5O2S/c1-14(20(27)23-13-15-3-7-18(28-2)8-4-15)29-21-25-24-19(26(21)17-5-6-17)16-9-11-22-12-10-16/h3-4,7-12,14,17H,5-6,13H2,1-2H3,(H,23,27)/t14-/m0/s1. The third kappa shape index (κ3) is 4.59. The van der Waals surface area contributed by atoms with E-state index in [-0.39, 0.29) is 11.2 Å². The van der Waals surface area contributed by atoms with E-state index in [2.05, 4.69) is 25.1 Å². The molecule has 0 saturated heterocycles. The maximum absolute atomic E-state index is 12.6. The number of thioether (sulfide) groups is 1. The number of pyridine rings is 1. The van der Waals surface area contributed by atoms with Crippen LogP contribution in [0.3, 0.4) is 0 Å². The molecule has 1 aliphatic rings. The molecule has 1 amide bonds. The first-order valence-electron chi connectivity index (χ1n) is 9.58. The summed E-state index contributed by atoms with van der Waals surface area (Å²) in [7, 11) is 1.64. The lowest BCUT2D eigenvalue weighted by molar-refractivity contribution is -0.120. The van der Waals surface area contributed by atoms with E-state index in [4.69, 9.17) is 4.74 Å². The van der Waals surface area contributed by atoms with Crippen molar-refractivity contribution in [1.29, 1.82) is 0 Å². The Morgan fingerprint density at radius 2 is 1.93 bits per heavy atom. The number of carbonyl (C=O) groups excluding carboxylic acids is 1. The summed E-state index contributed by atoms with van der Waals surface area (Å²) in [6, 6.07) is 11.9. The van der Waals surface area contributed by atoms with Gasteiger partial charge in [0.15, 0.2) is 11.0 Å². The number of hydrogen-bond donors (Lipinski definition) is 1. The molecule has 0 bridgehead atoms. The Hall–Kier alpha value is -2.87. The zero-order chi connectivity index (χ0) is 20.2. The number of amides is 1. The molecule has 0 aliphatic heterocycles. The van der Waals surface area contributed by atoms with E-state index < -0.39 is 0 Å². The van der Waals surface area contributed by atoms with Gasteiger partial charge in [-0.3, -0.25) is 14.3 Å². The molecule has 2 aromatic heterocycles. The number of hydrogen-bond acceptors (Lipinski definition) is 6. The summed E-state index contributed by atoms with van der Waals surface area (Å²) >= 11 is 1.45. The van der Waals surface area contributed by atoms with E-state index in [1.165, 1.54) is 11.8 Å². The van der Waals surface area contributed by atoms with Crippen LogP contribution in [0, 0.1) is 0 Å². The molecule has 150 valence electrons. The van der Waals surface area contributed by atoms with Gasteiger partial charge >= 0.3 is 0 Å². The van der Waals surface area contributed by atoms with E-state index in [9.17, 15) is 4.79 Å². The zero-order valence-corrected chi connectivity index (χ0v) is 17.2. The van der Waals surface area contributed by atoms with Crippen LogP contribution in [0.15, 0.2) is 53.9 Å². The first kappa shape index (κ1) is 19.4. The van der Waals surface area contributed by atoms with Crippen LogP contribution in [-0.4, -0.2) is 38.0 Å².